The minimum absolute atomic E-state index is 0.154. The van der Waals surface area contributed by atoms with Gasteiger partial charge in [0.25, 0.3) is 0 Å². The van der Waals surface area contributed by atoms with E-state index in [0.29, 0.717) is 11.8 Å². The summed E-state index contributed by atoms with van der Waals surface area (Å²) in [5.74, 6) is 0.647. The molecule has 1 saturated carbocycles. The fraction of sp³-hybridized carbons (Fsp3) is 0.647. The molecule has 1 N–H and O–H groups in total. The second-order valence-electron chi connectivity index (χ2n) is 6.29. The van der Waals surface area contributed by atoms with E-state index in [2.05, 4.69) is 15.2 Å². The van der Waals surface area contributed by atoms with Gasteiger partial charge in [-0.15, -0.1) is 11.8 Å². The lowest BCUT2D eigenvalue weighted by atomic mass is 10.0. The summed E-state index contributed by atoms with van der Waals surface area (Å²) in [6.07, 6.45) is 11.3. The second-order valence-corrected chi connectivity index (χ2v) is 7.34. The standard InChI is InChI=1S/C17H25N3OS/c21-17(13-22-16-5-9-18-10-6-16)19-14-7-11-20(12-8-14)15-3-1-2-4-15/h5-6,9-10,14-15H,1-4,7-8,11-13H2,(H,19,21). The van der Waals surface area contributed by atoms with E-state index in [1.807, 2.05) is 12.1 Å². The zero-order chi connectivity index (χ0) is 15.2. The summed E-state index contributed by atoms with van der Waals surface area (Å²) in [6.45, 7) is 2.29. The summed E-state index contributed by atoms with van der Waals surface area (Å²) in [5, 5.41) is 3.20. The number of carbonyl (C=O) groups excluding carboxylic acids is 1. The molecule has 2 fully saturated rings. The topological polar surface area (TPSA) is 45.2 Å². The van der Waals surface area contributed by atoms with E-state index in [4.69, 9.17) is 0 Å². The van der Waals surface area contributed by atoms with Crippen LogP contribution in [0.2, 0.25) is 0 Å². The van der Waals surface area contributed by atoms with E-state index >= 15 is 0 Å². The Hall–Kier alpha value is -1.07. The number of hydrogen-bond acceptors (Lipinski definition) is 4. The van der Waals surface area contributed by atoms with Crippen LogP contribution in [-0.4, -0.2) is 46.7 Å². The van der Waals surface area contributed by atoms with Gasteiger partial charge in [-0.1, -0.05) is 12.8 Å². The molecule has 1 aromatic rings. The van der Waals surface area contributed by atoms with Gasteiger partial charge in [-0.05, 0) is 37.8 Å². The highest BCUT2D eigenvalue weighted by Gasteiger charge is 2.27. The van der Waals surface area contributed by atoms with Gasteiger partial charge in [-0.25, -0.2) is 0 Å². The Labute approximate surface area is 137 Å². The number of amides is 1. The van der Waals surface area contributed by atoms with Gasteiger partial charge in [-0.2, -0.15) is 0 Å². The van der Waals surface area contributed by atoms with Crippen molar-refractivity contribution in [3.05, 3.63) is 24.5 Å². The van der Waals surface area contributed by atoms with Gasteiger partial charge in [0.05, 0.1) is 5.75 Å². The van der Waals surface area contributed by atoms with E-state index in [-0.39, 0.29) is 5.91 Å². The molecule has 2 heterocycles. The summed E-state index contributed by atoms with van der Waals surface area (Å²) in [7, 11) is 0. The first-order valence-electron chi connectivity index (χ1n) is 8.37. The zero-order valence-corrected chi connectivity index (χ0v) is 13.9. The van der Waals surface area contributed by atoms with Crippen LogP contribution in [0, 0.1) is 0 Å². The first-order valence-corrected chi connectivity index (χ1v) is 9.36. The van der Waals surface area contributed by atoms with Crippen molar-refractivity contribution in [2.45, 2.75) is 55.5 Å². The number of rotatable bonds is 5. The van der Waals surface area contributed by atoms with Crippen molar-refractivity contribution < 1.29 is 4.79 Å². The Kier molecular flexibility index (Phi) is 5.73. The molecule has 22 heavy (non-hydrogen) atoms. The molecule has 4 nitrogen and oxygen atoms in total. The molecule has 1 aliphatic heterocycles. The van der Waals surface area contributed by atoms with Crippen molar-refractivity contribution >= 4 is 17.7 Å². The van der Waals surface area contributed by atoms with E-state index in [1.54, 1.807) is 24.2 Å². The van der Waals surface area contributed by atoms with Crippen molar-refractivity contribution in [1.82, 2.24) is 15.2 Å². The third-order valence-electron chi connectivity index (χ3n) is 4.76. The highest BCUT2D eigenvalue weighted by molar-refractivity contribution is 8.00. The number of aromatic nitrogens is 1. The Morgan fingerprint density at radius 3 is 2.55 bits per heavy atom. The van der Waals surface area contributed by atoms with Crippen LogP contribution >= 0.6 is 11.8 Å². The van der Waals surface area contributed by atoms with Gasteiger partial charge in [0, 0.05) is 42.5 Å². The molecule has 0 atom stereocenters. The SMILES string of the molecule is O=C(CSc1ccncc1)NC1CCN(C2CCCC2)CC1. The lowest BCUT2D eigenvalue weighted by Gasteiger charge is -2.36. The second kappa shape index (κ2) is 7.97. The maximum Gasteiger partial charge on any atom is 0.230 e. The fourth-order valence-corrected chi connectivity index (χ4v) is 4.23. The number of piperidine rings is 1. The predicted molar refractivity (Wildman–Crippen MR) is 90.0 cm³/mol. The Balaban J connectivity index is 1.36. The molecule has 1 amide bonds. The summed E-state index contributed by atoms with van der Waals surface area (Å²) in [5.41, 5.74) is 0. The summed E-state index contributed by atoms with van der Waals surface area (Å²) in [4.78, 5) is 19.8. The molecular formula is C17H25N3OS. The van der Waals surface area contributed by atoms with Gasteiger partial charge in [0.2, 0.25) is 5.91 Å². The Morgan fingerprint density at radius 2 is 1.86 bits per heavy atom. The van der Waals surface area contributed by atoms with Gasteiger partial charge < -0.3 is 10.2 Å². The van der Waals surface area contributed by atoms with Crippen molar-refractivity contribution in [3.8, 4) is 0 Å². The van der Waals surface area contributed by atoms with Gasteiger partial charge in [0.15, 0.2) is 0 Å². The predicted octanol–water partition coefficient (Wildman–Crippen LogP) is 2.70. The normalized spacial score (nSPS) is 21.1. The van der Waals surface area contributed by atoms with Crippen LogP contribution in [0.5, 0.6) is 0 Å². The highest BCUT2D eigenvalue weighted by atomic mass is 32.2. The van der Waals surface area contributed by atoms with Crippen molar-refractivity contribution in [2.24, 2.45) is 0 Å². The lowest BCUT2D eigenvalue weighted by Crippen LogP contribution is -2.47. The summed E-state index contributed by atoms with van der Waals surface area (Å²) >= 11 is 1.58. The molecule has 2 aliphatic rings. The van der Waals surface area contributed by atoms with E-state index in [9.17, 15) is 4.79 Å². The Morgan fingerprint density at radius 1 is 1.18 bits per heavy atom. The summed E-state index contributed by atoms with van der Waals surface area (Å²) in [6, 6.07) is 5.07. The van der Waals surface area contributed by atoms with Crippen LogP contribution < -0.4 is 5.32 Å². The first-order chi connectivity index (χ1) is 10.8. The van der Waals surface area contributed by atoms with Crippen LogP contribution in [0.3, 0.4) is 0 Å². The maximum atomic E-state index is 12.1. The number of nitrogens with one attached hydrogen (secondary N) is 1. The van der Waals surface area contributed by atoms with Gasteiger partial charge in [-0.3, -0.25) is 9.78 Å². The molecule has 0 spiro atoms. The average Bonchev–Trinajstić information content (AvgIpc) is 3.09. The number of hydrogen-bond donors (Lipinski definition) is 1. The first kappa shape index (κ1) is 15.8. The van der Waals surface area contributed by atoms with Crippen LogP contribution in [-0.2, 0) is 4.79 Å². The van der Waals surface area contributed by atoms with Crippen molar-refractivity contribution in [3.63, 3.8) is 0 Å². The monoisotopic (exact) mass is 319 g/mol. The molecule has 120 valence electrons. The summed E-state index contributed by atoms with van der Waals surface area (Å²) < 4.78 is 0. The number of carbonyl (C=O) groups is 1. The third-order valence-corrected chi connectivity index (χ3v) is 5.77. The molecule has 0 bridgehead atoms. The van der Waals surface area contributed by atoms with Crippen LogP contribution in [0.15, 0.2) is 29.4 Å². The third kappa shape index (κ3) is 4.46. The average molecular weight is 319 g/mol. The molecule has 0 unspecified atom stereocenters. The molecule has 1 aliphatic carbocycles. The molecular weight excluding hydrogens is 294 g/mol. The minimum atomic E-state index is 0.154. The number of likely N-dealkylation sites (tertiary alicyclic amines) is 1. The van der Waals surface area contributed by atoms with E-state index in [1.165, 1.54) is 25.7 Å². The quantitative estimate of drug-likeness (QED) is 0.848. The van der Waals surface area contributed by atoms with Crippen LogP contribution in [0.25, 0.3) is 0 Å². The number of pyridine rings is 1. The molecule has 0 aromatic carbocycles. The highest BCUT2D eigenvalue weighted by Crippen LogP contribution is 2.26. The smallest absolute Gasteiger partial charge is 0.230 e. The van der Waals surface area contributed by atoms with Crippen molar-refractivity contribution in [1.29, 1.82) is 0 Å². The molecule has 1 saturated heterocycles. The number of thioether (sulfide) groups is 1. The number of nitrogens with zero attached hydrogens (tertiary/aromatic N) is 2. The van der Waals surface area contributed by atoms with Gasteiger partial charge in [0.1, 0.15) is 0 Å². The molecule has 5 heteroatoms. The zero-order valence-electron chi connectivity index (χ0n) is 13.0. The van der Waals surface area contributed by atoms with Crippen LogP contribution in [0.4, 0.5) is 0 Å². The minimum Gasteiger partial charge on any atom is -0.353 e. The van der Waals surface area contributed by atoms with E-state index in [0.717, 1.165) is 36.9 Å². The molecule has 0 radical (unpaired) electrons. The lowest BCUT2D eigenvalue weighted by molar-refractivity contribution is -0.119. The molecule has 1 aromatic heterocycles. The largest absolute Gasteiger partial charge is 0.353 e. The van der Waals surface area contributed by atoms with Gasteiger partial charge >= 0.3 is 0 Å². The van der Waals surface area contributed by atoms with Crippen molar-refractivity contribution in [2.75, 3.05) is 18.8 Å². The molecule has 3 rings (SSSR count). The van der Waals surface area contributed by atoms with Crippen LogP contribution in [0.1, 0.15) is 38.5 Å². The Bertz CT molecular complexity index is 468. The maximum absolute atomic E-state index is 12.1. The fourth-order valence-electron chi connectivity index (χ4n) is 3.53. The van der Waals surface area contributed by atoms with E-state index < -0.39 is 0 Å².